The van der Waals surface area contributed by atoms with E-state index in [2.05, 4.69) is 27.2 Å². The molecular weight excluding hydrogens is 244 g/mol. The molecule has 1 atom stereocenters. The summed E-state index contributed by atoms with van der Waals surface area (Å²) in [5.41, 5.74) is 3.95. The van der Waals surface area contributed by atoms with Crippen molar-refractivity contribution >= 4 is 22.4 Å². The maximum Gasteiger partial charge on any atom is 0.121 e. The Balaban J connectivity index is 1.69. The van der Waals surface area contributed by atoms with Crippen LogP contribution in [-0.2, 0) is 6.54 Å². The largest absolute Gasteiger partial charge is 0.341 e. The summed E-state index contributed by atoms with van der Waals surface area (Å²) in [5, 5.41) is 3.44. The number of imidazole rings is 1. The smallest absolute Gasteiger partial charge is 0.121 e. The summed E-state index contributed by atoms with van der Waals surface area (Å²) in [5.74, 6) is 0.965. The lowest BCUT2D eigenvalue weighted by Crippen LogP contribution is -2.17. The molecule has 0 fully saturated rings. The lowest BCUT2D eigenvalue weighted by atomic mass is 10.3. The molecule has 0 aliphatic heterocycles. The van der Waals surface area contributed by atoms with Gasteiger partial charge >= 0.3 is 0 Å². The van der Waals surface area contributed by atoms with E-state index in [-0.39, 0.29) is 0 Å². The molecule has 0 aliphatic rings. The normalized spacial score (nSPS) is 12.9. The molecule has 0 bridgehead atoms. The first kappa shape index (κ1) is 11.4. The van der Waals surface area contributed by atoms with E-state index in [0.29, 0.717) is 6.04 Å². The molecule has 0 saturated carbocycles. The van der Waals surface area contributed by atoms with Crippen molar-refractivity contribution in [3.63, 3.8) is 0 Å². The summed E-state index contributed by atoms with van der Waals surface area (Å²) in [6, 6.07) is 8.36. The van der Waals surface area contributed by atoms with Crippen LogP contribution in [0.25, 0.3) is 11.0 Å². The van der Waals surface area contributed by atoms with Crippen LogP contribution in [0.2, 0.25) is 0 Å². The Bertz CT molecular complexity index is 596. The first-order valence-corrected chi connectivity index (χ1v) is 6.76. The van der Waals surface area contributed by atoms with Gasteiger partial charge in [0.1, 0.15) is 5.82 Å². The molecule has 4 nitrogen and oxygen atoms in total. The number of para-hydroxylation sites is 2. The molecule has 92 valence electrons. The maximum atomic E-state index is 4.54. The molecule has 1 aromatic carbocycles. The highest BCUT2D eigenvalue weighted by molar-refractivity contribution is 7.09. The van der Waals surface area contributed by atoms with E-state index >= 15 is 0 Å². The molecule has 3 rings (SSSR count). The summed E-state index contributed by atoms with van der Waals surface area (Å²) in [6.07, 6.45) is 1.90. The van der Waals surface area contributed by atoms with Crippen LogP contribution in [0.15, 0.2) is 36.0 Å². The second-order valence-corrected chi connectivity index (χ2v) is 5.12. The maximum absolute atomic E-state index is 4.54. The first-order chi connectivity index (χ1) is 8.83. The molecule has 2 aromatic heterocycles. The van der Waals surface area contributed by atoms with Crippen molar-refractivity contribution in [3.05, 3.63) is 46.7 Å². The minimum atomic E-state index is 0.297. The van der Waals surface area contributed by atoms with E-state index in [1.807, 2.05) is 36.0 Å². The van der Waals surface area contributed by atoms with Crippen molar-refractivity contribution in [2.24, 2.45) is 0 Å². The van der Waals surface area contributed by atoms with Crippen molar-refractivity contribution in [2.45, 2.75) is 19.5 Å². The summed E-state index contributed by atoms with van der Waals surface area (Å²) in [4.78, 5) is 13.2. The fourth-order valence-corrected chi connectivity index (χ4v) is 2.53. The topological polar surface area (TPSA) is 53.6 Å². The predicted octanol–water partition coefficient (Wildman–Crippen LogP) is 2.87. The lowest BCUT2D eigenvalue weighted by Gasteiger charge is -2.09. The van der Waals surface area contributed by atoms with Crippen LogP contribution in [-0.4, -0.2) is 15.0 Å². The number of nitrogens with zero attached hydrogens (tertiary/aromatic N) is 2. The van der Waals surface area contributed by atoms with Gasteiger partial charge in [0.15, 0.2) is 0 Å². The van der Waals surface area contributed by atoms with Crippen LogP contribution in [0.4, 0.5) is 0 Å². The van der Waals surface area contributed by atoms with Crippen molar-refractivity contribution in [1.82, 2.24) is 20.3 Å². The average molecular weight is 258 g/mol. The van der Waals surface area contributed by atoms with Gasteiger partial charge in [-0.2, -0.15) is 0 Å². The van der Waals surface area contributed by atoms with Gasteiger partial charge in [0.05, 0.1) is 23.1 Å². The third-order valence-corrected chi connectivity index (χ3v) is 3.85. The molecule has 0 saturated heterocycles. The van der Waals surface area contributed by atoms with Gasteiger partial charge in [-0.1, -0.05) is 12.1 Å². The van der Waals surface area contributed by atoms with E-state index in [4.69, 9.17) is 0 Å². The first-order valence-electron chi connectivity index (χ1n) is 5.88. The molecule has 3 aromatic rings. The predicted molar refractivity (Wildman–Crippen MR) is 73.5 cm³/mol. The highest BCUT2D eigenvalue weighted by Crippen LogP contribution is 2.17. The molecule has 2 N–H and O–H groups in total. The van der Waals surface area contributed by atoms with Crippen LogP contribution in [0.1, 0.15) is 23.7 Å². The van der Waals surface area contributed by atoms with Gasteiger partial charge in [-0.15, -0.1) is 11.3 Å². The van der Waals surface area contributed by atoms with Gasteiger partial charge in [0, 0.05) is 17.1 Å². The Labute approximate surface area is 109 Å². The van der Waals surface area contributed by atoms with Crippen molar-refractivity contribution < 1.29 is 0 Å². The fraction of sp³-hybridized carbons (Fsp3) is 0.231. The van der Waals surface area contributed by atoms with Gasteiger partial charge in [-0.05, 0) is 19.1 Å². The van der Waals surface area contributed by atoms with Crippen molar-refractivity contribution in [3.8, 4) is 0 Å². The Morgan fingerprint density at radius 1 is 1.39 bits per heavy atom. The molecule has 1 unspecified atom stereocenters. The van der Waals surface area contributed by atoms with E-state index in [0.717, 1.165) is 23.4 Å². The Hall–Kier alpha value is -1.72. The third kappa shape index (κ3) is 2.27. The number of thiazole rings is 1. The minimum absolute atomic E-state index is 0.297. The zero-order valence-electron chi connectivity index (χ0n) is 10.1. The Morgan fingerprint density at radius 3 is 3.06 bits per heavy atom. The van der Waals surface area contributed by atoms with Crippen LogP contribution in [0.3, 0.4) is 0 Å². The van der Waals surface area contributed by atoms with Crippen LogP contribution in [0.5, 0.6) is 0 Å². The standard InChI is InChI=1S/C13H14N4S/c1-9(12-6-14-8-18-12)15-7-13-16-10-4-2-3-5-11(10)17-13/h2-6,8-9,15H,7H2,1H3,(H,16,17). The number of benzene rings is 1. The SMILES string of the molecule is CC(NCc1nc2ccccc2[nH]1)c1cncs1. The molecule has 2 heterocycles. The van der Waals surface area contributed by atoms with Gasteiger partial charge in [0.2, 0.25) is 0 Å². The number of hydrogen-bond acceptors (Lipinski definition) is 4. The quantitative estimate of drug-likeness (QED) is 0.756. The van der Waals surface area contributed by atoms with Gasteiger partial charge < -0.3 is 10.3 Å². The van der Waals surface area contributed by atoms with Crippen molar-refractivity contribution in [2.75, 3.05) is 0 Å². The number of hydrogen-bond donors (Lipinski definition) is 2. The van der Waals surface area contributed by atoms with E-state index in [9.17, 15) is 0 Å². The monoisotopic (exact) mass is 258 g/mol. The van der Waals surface area contributed by atoms with E-state index in [1.165, 1.54) is 4.88 Å². The molecule has 0 radical (unpaired) electrons. The zero-order chi connectivity index (χ0) is 12.4. The Morgan fingerprint density at radius 2 is 2.28 bits per heavy atom. The van der Waals surface area contributed by atoms with Gasteiger partial charge in [-0.25, -0.2) is 4.98 Å². The van der Waals surface area contributed by atoms with Crippen molar-refractivity contribution in [1.29, 1.82) is 0 Å². The summed E-state index contributed by atoms with van der Waals surface area (Å²) in [6.45, 7) is 2.86. The summed E-state index contributed by atoms with van der Waals surface area (Å²) < 4.78 is 0. The van der Waals surface area contributed by atoms with Crippen LogP contribution >= 0.6 is 11.3 Å². The van der Waals surface area contributed by atoms with E-state index < -0.39 is 0 Å². The Kier molecular flexibility index (Phi) is 3.08. The average Bonchev–Trinajstić information content (AvgIpc) is 3.04. The number of fused-ring (bicyclic) bond motifs is 1. The number of aromatic amines is 1. The second kappa shape index (κ2) is 4.88. The number of aromatic nitrogens is 3. The number of rotatable bonds is 4. The molecule has 0 amide bonds. The van der Waals surface area contributed by atoms with Gasteiger partial charge in [0.25, 0.3) is 0 Å². The molecule has 0 spiro atoms. The highest BCUT2D eigenvalue weighted by Gasteiger charge is 2.08. The molecular formula is C13H14N4S. The zero-order valence-corrected chi connectivity index (χ0v) is 10.9. The molecule has 5 heteroatoms. The minimum Gasteiger partial charge on any atom is -0.341 e. The number of H-pyrrole nitrogens is 1. The van der Waals surface area contributed by atoms with E-state index in [1.54, 1.807) is 11.3 Å². The molecule has 18 heavy (non-hydrogen) atoms. The number of nitrogens with one attached hydrogen (secondary N) is 2. The summed E-state index contributed by atoms with van der Waals surface area (Å²) in [7, 11) is 0. The summed E-state index contributed by atoms with van der Waals surface area (Å²) >= 11 is 1.67. The van der Waals surface area contributed by atoms with Crippen LogP contribution in [0, 0.1) is 0 Å². The molecule has 0 aliphatic carbocycles. The third-order valence-electron chi connectivity index (χ3n) is 2.89. The lowest BCUT2D eigenvalue weighted by molar-refractivity contribution is 0.569. The van der Waals surface area contributed by atoms with Crippen LogP contribution < -0.4 is 5.32 Å². The highest BCUT2D eigenvalue weighted by atomic mass is 32.1. The fourth-order valence-electron chi connectivity index (χ4n) is 1.88. The van der Waals surface area contributed by atoms with Gasteiger partial charge in [-0.3, -0.25) is 4.98 Å². The second-order valence-electron chi connectivity index (χ2n) is 4.21.